The number of carbonyl (C=O) groups is 1. The molecule has 0 radical (unpaired) electrons. The molecule has 1 aromatic carbocycles. The van der Waals surface area contributed by atoms with Crippen molar-refractivity contribution in [2.45, 2.75) is 6.42 Å². The molecule has 3 rings (SSSR count). The highest BCUT2D eigenvalue weighted by molar-refractivity contribution is 6.33. The van der Waals surface area contributed by atoms with E-state index in [0.717, 1.165) is 11.5 Å². The molecule has 3 aromatic rings. The van der Waals surface area contributed by atoms with Crippen LogP contribution in [0, 0.1) is 5.82 Å². The molecule has 0 spiro atoms. The molecule has 0 saturated carbocycles. The maximum Gasteiger partial charge on any atom is 0.255 e. The molecule has 2 aromatic heterocycles. The highest BCUT2D eigenvalue weighted by Crippen LogP contribution is 2.18. The smallest absolute Gasteiger partial charge is 0.255 e. The van der Waals surface area contributed by atoms with Crippen molar-refractivity contribution in [1.29, 1.82) is 0 Å². The zero-order chi connectivity index (χ0) is 15.5. The van der Waals surface area contributed by atoms with Gasteiger partial charge < -0.3 is 5.32 Å². The fourth-order valence-electron chi connectivity index (χ4n) is 2.15. The summed E-state index contributed by atoms with van der Waals surface area (Å²) < 4.78 is 15.5. The number of hydrogen-bond donors (Lipinski definition) is 1. The van der Waals surface area contributed by atoms with Crippen LogP contribution in [0.2, 0.25) is 5.02 Å². The monoisotopic (exact) mass is 318 g/mol. The van der Waals surface area contributed by atoms with Gasteiger partial charge in [-0.05, 0) is 24.3 Å². The lowest BCUT2D eigenvalue weighted by Crippen LogP contribution is -2.27. The Hall–Kier alpha value is -2.47. The third kappa shape index (κ3) is 2.78. The number of nitrogens with one attached hydrogen (secondary N) is 1. The molecule has 1 amide bonds. The van der Waals surface area contributed by atoms with Crippen LogP contribution in [0.1, 0.15) is 16.2 Å². The molecular formula is C15H12ClFN4O. The summed E-state index contributed by atoms with van der Waals surface area (Å²) in [5, 5.41) is 10.8. The molecule has 5 nitrogen and oxygen atoms in total. The molecule has 0 unspecified atom stereocenters. The Morgan fingerprint density at radius 1 is 1.23 bits per heavy atom. The van der Waals surface area contributed by atoms with E-state index in [9.17, 15) is 9.18 Å². The van der Waals surface area contributed by atoms with Gasteiger partial charge in [-0.1, -0.05) is 23.7 Å². The van der Waals surface area contributed by atoms with Crippen LogP contribution in [0.4, 0.5) is 4.39 Å². The van der Waals surface area contributed by atoms with Gasteiger partial charge in [-0.25, -0.2) is 4.39 Å². The van der Waals surface area contributed by atoms with Crippen molar-refractivity contribution in [2.24, 2.45) is 0 Å². The quantitative estimate of drug-likeness (QED) is 0.804. The number of aromatic nitrogens is 3. The zero-order valence-corrected chi connectivity index (χ0v) is 12.2. The first-order chi connectivity index (χ1) is 10.7. The first kappa shape index (κ1) is 14.5. The number of halogens is 2. The van der Waals surface area contributed by atoms with Gasteiger partial charge in [-0.15, -0.1) is 10.2 Å². The highest BCUT2D eigenvalue weighted by Gasteiger charge is 2.15. The van der Waals surface area contributed by atoms with Crippen LogP contribution in [-0.4, -0.2) is 27.0 Å². The number of hydrogen-bond acceptors (Lipinski definition) is 3. The predicted octanol–water partition coefficient (Wildman–Crippen LogP) is 2.49. The summed E-state index contributed by atoms with van der Waals surface area (Å²) in [6, 6.07) is 9.72. The van der Waals surface area contributed by atoms with Crippen molar-refractivity contribution in [3.05, 3.63) is 64.8 Å². The van der Waals surface area contributed by atoms with Crippen LogP contribution in [0.3, 0.4) is 0 Å². The SMILES string of the molecule is O=C(NCCc1nnc2ccccn12)c1c(F)cccc1Cl. The molecule has 2 heterocycles. The zero-order valence-electron chi connectivity index (χ0n) is 11.5. The van der Waals surface area contributed by atoms with E-state index in [1.807, 2.05) is 28.8 Å². The number of rotatable bonds is 4. The van der Waals surface area contributed by atoms with Gasteiger partial charge in [-0.3, -0.25) is 9.20 Å². The van der Waals surface area contributed by atoms with Gasteiger partial charge in [0.15, 0.2) is 5.65 Å². The minimum absolute atomic E-state index is 0.0884. The molecule has 0 saturated heterocycles. The van der Waals surface area contributed by atoms with Crippen LogP contribution in [0.15, 0.2) is 42.6 Å². The number of amides is 1. The van der Waals surface area contributed by atoms with Crippen LogP contribution in [-0.2, 0) is 6.42 Å². The van der Waals surface area contributed by atoms with Crippen LogP contribution < -0.4 is 5.32 Å². The molecule has 0 atom stereocenters. The van der Waals surface area contributed by atoms with Gasteiger partial charge in [0.25, 0.3) is 5.91 Å². The van der Waals surface area contributed by atoms with Gasteiger partial charge in [0.1, 0.15) is 11.6 Å². The van der Waals surface area contributed by atoms with Crippen LogP contribution in [0.25, 0.3) is 5.65 Å². The van der Waals surface area contributed by atoms with Gasteiger partial charge in [-0.2, -0.15) is 0 Å². The summed E-state index contributed by atoms with van der Waals surface area (Å²) in [5.41, 5.74) is 0.594. The average Bonchev–Trinajstić information content (AvgIpc) is 2.91. The van der Waals surface area contributed by atoms with E-state index in [-0.39, 0.29) is 10.6 Å². The fraction of sp³-hybridized carbons (Fsp3) is 0.133. The third-order valence-corrected chi connectivity index (χ3v) is 3.52. The predicted molar refractivity (Wildman–Crippen MR) is 80.4 cm³/mol. The van der Waals surface area contributed by atoms with Crippen molar-refractivity contribution in [2.75, 3.05) is 6.54 Å². The van der Waals surface area contributed by atoms with E-state index in [1.54, 1.807) is 0 Å². The van der Waals surface area contributed by atoms with E-state index in [0.29, 0.717) is 13.0 Å². The summed E-state index contributed by atoms with van der Waals surface area (Å²) in [5.74, 6) is -0.467. The lowest BCUT2D eigenvalue weighted by Gasteiger charge is -2.07. The molecule has 0 aliphatic carbocycles. The van der Waals surface area contributed by atoms with Gasteiger partial charge in [0, 0.05) is 19.2 Å². The van der Waals surface area contributed by atoms with E-state index >= 15 is 0 Å². The van der Waals surface area contributed by atoms with Crippen molar-refractivity contribution < 1.29 is 9.18 Å². The molecule has 1 N–H and O–H groups in total. The van der Waals surface area contributed by atoms with Gasteiger partial charge in [0.05, 0.1) is 10.6 Å². The van der Waals surface area contributed by atoms with Gasteiger partial charge >= 0.3 is 0 Å². The third-order valence-electron chi connectivity index (χ3n) is 3.21. The van der Waals surface area contributed by atoms with Crippen molar-refractivity contribution in [3.63, 3.8) is 0 Å². The highest BCUT2D eigenvalue weighted by atomic mass is 35.5. The average molecular weight is 319 g/mol. The molecule has 0 fully saturated rings. The minimum Gasteiger partial charge on any atom is -0.351 e. The molecule has 22 heavy (non-hydrogen) atoms. The second-order valence-electron chi connectivity index (χ2n) is 4.65. The Labute approximate surface area is 130 Å². The first-order valence-corrected chi connectivity index (χ1v) is 7.05. The molecule has 112 valence electrons. The van der Waals surface area contributed by atoms with E-state index < -0.39 is 11.7 Å². The number of fused-ring (bicyclic) bond motifs is 1. The van der Waals surface area contributed by atoms with Crippen molar-refractivity contribution >= 4 is 23.2 Å². The standard InChI is InChI=1S/C15H12ClFN4O/c16-10-4-3-5-11(17)14(10)15(22)18-8-7-13-20-19-12-6-1-2-9-21(12)13/h1-6,9H,7-8H2,(H,18,22). The summed E-state index contributed by atoms with van der Waals surface area (Å²) in [4.78, 5) is 12.0. The number of nitrogens with zero attached hydrogens (tertiary/aromatic N) is 3. The number of benzene rings is 1. The number of pyridine rings is 1. The molecule has 0 aliphatic heterocycles. The molecule has 7 heteroatoms. The van der Waals surface area contributed by atoms with Crippen LogP contribution >= 0.6 is 11.6 Å². The Morgan fingerprint density at radius 3 is 2.91 bits per heavy atom. The first-order valence-electron chi connectivity index (χ1n) is 6.67. The maximum absolute atomic E-state index is 13.6. The van der Waals surface area contributed by atoms with Crippen molar-refractivity contribution in [3.8, 4) is 0 Å². The van der Waals surface area contributed by atoms with E-state index in [2.05, 4.69) is 15.5 Å². The summed E-state index contributed by atoms with van der Waals surface area (Å²) >= 11 is 5.85. The second kappa shape index (κ2) is 6.11. The lowest BCUT2D eigenvalue weighted by molar-refractivity contribution is 0.0950. The Bertz CT molecular complexity index is 813. The Kier molecular flexibility index (Phi) is 4.02. The summed E-state index contributed by atoms with van der Waals surface area (Å²) in [6.45, 7) is 0.305. The summed E-state index contributed by atoms with van der Waals surface area (Å²) in [7, 11) is 0. The Morgan fingerprint density at radius 2 is 2.09 bits per heavy atom. The fourth-order valence-corrected chi connectivity index (χ4v) is 2.40. The normalized spacial score (nSPS) is 10.8. The molecular weight excluding hydrogens is 307 g/mol. The van der Waals surface area contributed by atoms with Gasteiger partial charge in [0.2, 0.25) is 0 Å². The maximum atomic E-state index is 13.6. The molecule has 0 aliphatic rings. The van der Waals surface area contributed by atoms with E-state index in [4.69, 9.17) is 11.6 Å². The topological polar surface area (TPSA) is 59.3 Å². The van der Waals surface area contributed by atoms with E-state index in [1.165, 1.54) is 18.2 Å². The second-order valence-corrected chi connectivity index (χ2v) is 5.05. The summed E-state index contributed by atoms with van der Waals surface area (Å²) in [6.07, 6.45) is 2.32. The number of carbonyl (C=O) groups excluding carboxylic acids is 1. The molecule has 0 bridgehead atoms. The lowest BCUT2D eigenvalue weighted by atomic mass is 10.2. The largest absolute Gasteiger partial charge is 0.351 e. The Balaban J connectivity index is 1.67. The minimum atomic E-state index is -0.641. The van der Waals surface area contributed by atoms with Crippen molar-refractivity contribution in [1.82, 2.24) is 19.9 Å². The van der Waals surface area contributed by atoms with Crippen LogP contribution in [0.5, 0.6) is 0 Å².